The van der Waals surface area contributed by atoms with Gasteiger partial charge in [0.25, 0.3) is 11.6 Å². The van der Waals surface area contributed by atoms with Crippen LogP contribution in [-0.2, 0) is 9.53 Å². The van der Waals surface area contributed by atoms with Gasteiger partial charge in [-0.25, -0.2) is 9.59 Å². The minimum atomic E-state index is -1.37. The molecule has 0 aliphatic rings. The molecular formula is C17H14ClN3O6. The first-order valence-corrected chi connectivity index (χ1v) is 7.97. The lowest BCUT2D eigenvalue weighted by molar-refractivity contribution is -0.385. The summed E-state index contributed by atoms with van der Waals surface area (Å²) in [4.78, 5) is 46.1. The van der Waals surface area contributed by atoms with Crippen LogP contribution in [0.2, 0.25) is 5.02 Å². The molecule has 0 aliphatic heterocycles. The molecule has 0 spiro atoms. The van der Waals surface area contributed by atoms with Crippen molar-refractivity contribution in [2.24, 2.45) is 0 Å². The van der Waals surface area contributed by atoms with Gasteiger partial charge in [-0.1, -0.05) is 29.8 Å². The molecule has 1 unspecified atom stereocenters. The van der Waals surface area contributed by atoms with E-state index in [2.05, 4.69) is 5.32 Å². The van der Waals surface area contributed by atoms with Crippen LogP contribution in [0.4, 0.5) is 16.2 Å². The van der Waals surface area contributed by atoms with Crippen LogP contribution in [0.5, 0.6) is 0 Å². The third kappa shape index (κ3) is 5.51. The lowest BCUT2D eigenvalue weighted by Gasteiger charge is -2.13. The van der Waals surface area contributed by atoms with Gasteiger partial charge in [-0.2, -0.15) is 0 Å². The topological polar surface area (TPSA) is 128 Å². The smallest absolute Gasteiger partial charge is 0.345 e. The predicted octanol–water partition coefficient (Wildman–Crippen LogP) is 3.14. The number of carbonyl (C=O) groups excluding carboxylic acids is 3. The van der Waals surface area contributed by atoms with Gasteiger partial charge in [-0.3, -0.25) is 20.2 Å². The van der Waals surface area contributed by atoms with Crippen molar-refractivity contribution in [2.75, 3.05) is 5.32 Å². The van der Waals surface area contributed by atoms with E-state index in [4.69, 9.17) is 16.3 Å². The lowest BCUT2D eigenvalue weighted by atomic mass is 10.2. The van der Waals surface area contributed by atoms with Crippen molar-refractivity contribution in [3.05, 3.63) is 69.2 Å². The molecule has 2 rings (SSSR count). The molecule has 27 heavy (non-hydrogen) atoms. The number of urea groups is 1. The molecule has 0 aliphatic carbocycles. The van der Waals surface area contributed by atoms with E-state index in [1.165, 1.54) is 13.0 Å². The van der Waals surface area contributed by atoms with Gasteiger partial charge in [0.15, 0.2) is 6.10 Å². The maximum Gasteiger partial charge on any atom is 0.345 e. The van der Waals surface area contributed by atoms with E-state index in [-0.39, 0.29) is 10.6 Å². The number of nitrogens with zero attached hydrogens (tertiary/aromatic N) is 1. The first-order valence-electron chi connectivity index (χ1n) is 7.59. The predicted molar refractivity (Wildman–Crippen MR) is 96.6 cm³/mol. The van der Waals surface area contributed by atoms with Crippen molar-refractivity contribution in [1.29, 1.82) is 0 Å². The van der Waals surface area contributed by atoms with E-state index in [0.29, 0.717) is 5.69 Å². The maximum absolute atomic E-state index is 12.1. The molecule has 2 N–H and O–H groups in total. The summed E-state index contributed by atoms with van der Waals surface area (Å²) in [6.07, 6.45) is -1.37. The summed E-state index contributed by atoms with van der Waals surface area (Å²) in [5, 5.41) is 15.5. The Morgan fingerprint density at radius 3 is 2.44 bits per heavy atom. The number of hydrogen-bond acceptors (Lipinski definition) is 6. The molecule has 3 amide bonds. The average Bonchev–Trinajstić information content (AvgIpc) is 2.62. The van der Waals surface area contributed by atoms with E-state index in [9.17, 15) is 24.5 Å². The van der Waals surface area contributed by atoms with E-state index in [1.807, 2.05) is 5.32 Å². The number of nitrogens with one attached hydrogen (secondary N) is 2. The molecule has 9 nitrogen and oxygen atoms in total. The first kappa shape index (κ1) is 19.9. The van der Waals surface area contributed by atoms with Crippen molar-refractivity contribution in [3.8, 4) is 0 Å². The number of benzene rings is 2. The largest absolute Gasteiger partial charge is 0.449 e. The van der Waals surface area contributed by atoms with Crippen molar-refractivity contribution >= 4 is 40.9 Å². The zero-order valence-corrected chi connectivity index (χ0v) is 14.7. The van der Waals surface area contributed by atoms with Crippen molar-refractivity contribution < 1.29 is 24.0 Å². The molecular weight excluding hydrogens is 378 g/mol. The van der Waals surface area contributed by atoms with Gasteiger partial charge in [-0.15, -0.1) is 0 Å². The summed E-state index contributed by atoms with van der Waals surface area (Å²) < 4.78 is 4.90. The second-order valence-corrected chi connectivity index (χ2v) is 5.71. The number of amides is 3. The SMILES string of the molecule is CC(OC(=O)c1ccc(Cl)cc1[N+](=O)[O-])C(=O)NC(=O)Nc1ccccc1. The molecule has 140 valence electrons. The van der Waals surface area contributed by atoms with Gasteiger partial charge >= 0.3 is 12.0 Å². The Balaban J connectivity index is 1.99. The van der Waals surface area contributed by atoms with Crippen molar-refractivity contribution in [2.45, 2.75) is 13.0 Å². The summed E-state index contributed by atoms with van der Waals surface area (Å²) in [6, 6.07) is 11.0. The summed E-state index contributed by atoms with van der Waals surface area (Å²) in [5.74, 6) is -1.99. The van der Waals surface area contributed by atoms with Gasteiger partial charge in [0.05, 0.1) is 4.92 Å². The third-order valence-corrected chi connectivity index (χ3v) is 3.53. The normalized spacial score (nSPS) is 11.2. The van der Waals surface area contributed by atoms with Crippen LogP contribution < -0.4 is 10.6 Å². The number of esters is 1. The minimum Gasteiger partial charge on any atom is -0.449 e. The molecule has 0 bridgehead atoms. The summed E-state index contributed by atoms with van der Waals surface area (Å²) in [7, 11) is 0. The Labute approximate surface area is 158 Å². The van der Waals surface area contributed by atoms with Gasteiger partial charge in [0, 0.05) is 16.8 Å². The number of rotatable bonds is 5. The molecule has 0 radical (unpaired) electrons. The van der Waals surface area contributed by atoms with Crippen molar-refractivity contribution in [3.63, 3.8) is 0 Å². The molecule has 0 heterocycles. The van der Waals surface area contributed by atoms with Crippen LogP contribution in [-0.4, -0.2) is 28.9 Å². The van der Waals surface area contributed by atoms with Crippen LogP contribution in [0.25, 0.3) is 0 Å². The standard InChI is InChI=1S/C17H14ClN3O6/c1-10(15(22)20-17(24)19-12-5-3-2-4-6-12)27-16(23)13-8-7-11(18)9-14(13)21(25)26/h2-10H,1H3,(H2,19,20,22,24). The number of halogens is 1. The highest BCUT2D eigenvalue weighted by Gasteiger charge is 2.26. The number of nitro groups is 1. The molecule has 0 aromatic heterocycles. The van der Waals surface area contributed by atoms with Crippen LogP contribution >= 0.6 is 11.6 Å². The highest BCUT2D eigenvalue weighted by atomic mass is 35.5. The number of nitro benzene ring substituents is 1. The number of ether oxygens (including phenoxy) is 1. The van der Waals surface area contributed by atoms with E-state index in [0.717, 1.165) is 12.1 Å². The Bertz CT molecular complexity index is 887. The highest BCUT2D eigenvalue weighted by Crippen LogP contribution is 2.24. The third-order valence-electron chi connectivity index (χ3n) is 3.30. The molecule has 10 heteroatoms. The lowest BCUT2D eigenvalue weighted by Crippen LogP contribution is -2.41. The second kappa shape index (κ2) is 8.77. The second-order valence-electron chi connectivity index (χ2n) is 5.28. The Morgan fingerprint density at radius 1 is 1.15 bits per heavy atom. The maximum atomic E-state index is 12.1. The number of para-hydroxylation sites is 1. The number of carbonyl (C=O) groups is 3. The summed E-state index contributed by atoms with van der Waals surface area (Å²) in [6.45, 7) is 1.23. The molecule has 0 saturated heterocycles. The molecule has 2 aromatic carbocycles. The first-order chi connectivity index (χ1) is 12.8. The van der Waals surface area contributed by atoms with E-state index in [1.54, 1.807) is 30.3 Å². The van der Waals surface area contributed by atoms with Crippen LogP contribution in [0, 0.1) is 10.1 Å². The Hall–Kier alpha value is -3.46. The zero-order chi connectivity index (χ0) is 20.0. The van der Waals surface area contributed by atoms with Gasteiger partial charge in [0.1, 0.15) is 5.56 Å². The monoisotopic (exact) mass is 391 g/mol. The van der Waals surface area contributed by atoms with Crippen LogP contribution in [0.1, 0.15) is 17.3 Å². The Morgan fingerprint density at radius 2 is 1.81 bits per heavy atom. The van der Waals surface area contributed by atoms with Crippen LogP contribution in [0.3, 0.4) is 0 Å². The van der Waals surface area contributed by atoms with Crippen molar-refractivity contribution in [1.82, 2.24) is 5.32 Å². The van der Waals surface area contributed by atoms with E-state index < -0.39 is 34.6 Å². The fourth-order valence-electron chi connectivity index (χ4n) is 2.00. The number of imide groups is 1. The fourth-order valence-corrected chi connectivity index (χ4v) is 2.17. The summed E-state index contributed by atoms with van der Waals surface area (Å²) in [5.41, 5.74) is -0.455. The quantitative estimate of drug-likeness (QED) is 0.457. The van der Waals surface area contributed by atoms with Gasteiger partial charge in [0.2, 0.25) is 0 Å². The van der Waals surface area contributed by atoms with E-state index >= 15 is 0 Å². The number of anilines is 1. The number of hydrogen-bond donors (Lipinski definition) is 2. The van der Waals surface area contributed by atoms with Crippen LogP contribution in [0.15, 0.2) is 48.5 Å². The minimum absolute atomic E-state index is 0.0709. The molecule has 0 fully saturated rings. The molecule has 0 saturated carbocycles. The Kier molecular flexibility index (Phi) is 6.45. The molecule has 1 atom stereocenters. The van der Waals surface area contributed by atoms with Gasteiger partial charge in [-0.05, 0) is 31.2 Å². The summed E-state index contributed by atoms with van der Waals surface area (Å²) >= 11 is 5.68. The highest BCUT2D eigenvalue weighted by molar-refractivity contribution is 6.31. The fraction of sp³-hybridized carbons (Fsp3) is 0.118. The average molecular weight is 392 g/mol. The van der Waals surface area contributed by atoms with Gasteiger partial charge < -0.3 is 10.1 Å². The zero-order valence-electron chi connectivity index (χ0n) is 14.0. The molecule has 2 aromatic rings.